The molecule has 0 aliphatic carbocycles. The monoisotopic (exact) mass is 291 g/mol. The van der Waals surface area contributed by atoms with Crippen molar-refractivity contribution in [3.63, 3.8) is 0 Å². The van der Waals surface area contributed by atoms with Gasteiger partial charge >= 0.3 is 0 Å². The Balaban J connectivity index is 2.01. The number of halogens is 1. The van der Waals surface area contributed by atoms with Crippen LogP contribution in [0.15, 0.2) is 42.9 Å². The molecule has 0 bridgehead atoms. The van der Waals surface area contributed by atoms with Crippen molar-refractivity contribution in [3.8, 4) is 5.75 Å². The molecule has 0 fully saturated rings. The molecule has 2 rings (SSSR count). The molecule has 1 aromatic heterocycles. The minimum absolute atomic E-state index is 0.0163. The zero-order valence-corrected chi connectivity index (χ0v) is 12.2. The van der Waals surface area contributed by atoms with Gasteiger partial charge in [-0.1, -0.05) is 24.6 Å². The third-order valence-electron chi connectivity index (χ3n) is 2.79. The average molecular weight is 292 g/mol. The Bertz CT molecular complexity index is 522. The number of nitrogens with one attached hydrogen (secondary N) is 1. The molecule has 0 amide bonds. The van der Waals surface area contributed by atoms with Crippen molar-refractivity contribution in [2.24, 2.45) is 0 Å². The molecular formula is C15H18ClN3O. The molecule has 1 heterocycles. The highest BCUT2D eigenvalue weighted by Gasteiger charge is 2.13. The molecule has 0 aliphatic rings. The van der Waals surface area contributed by atoms with Gasteiger partial charge in [-0.05, 0) is 31.2 Å². The van der Waals surface area contributed by atoms with Gasteiger partial charge in [-0.3, -0.25) is 9.97 Å². The fourth-order valence-electron chi connectivity index (χ4n) is 1.79. The zero-order valence-electron chi connectivity index (χ0n) is 11.4. The molecule has 2 aromatic rings. The Labute approximate surface area is 124 Å². The fourth-order valence-corrected chi connectivity index (χ4v) is 1.97. The second kappa shape index (κ2) is 7.82. The number of nitrogens with zero attached hydrogens (tertiary/aromatic N) is 2. The van der Waals surface area contributed by atoms with Crippen molar-refractivity contribution in [3.05, 3.63) is 53.6 Å². The topological polar surface area (TPSA) is 47.0 Å². The molecule has 1 atom stereocenters. The predicted molar refractivity (Wildman–Crippen MR) is 80.0 cm³/mol. The van der Waals surface area contributed by atoms with E-state index < -0.39 is 0 Å². The molecule has 20 heavy (non-hydrogen) atoms. The van der Waals surface area contributed by atoms with Crippen LogP contribution in [-0.2, 0) is 0 Å². The molecule has 106 valence electrons. The summed E-state index contributed by atoms with van der Waals surface area (Å²) in [5.41, 5.74) is 0.878. The van der Waals surface area contributed by atoms with E-state index in [-0.39, 0.29) is 6.04 Å². The fraction of sp³-hybridized carbons (Fsp3) is 0.333. The second-order valence-corrected chi connectivity index (χ2v) is 4.84. The summed E-state index contributed by atoms with van der Waals surface area (Å²) in [7, 11) is 0. The Morgan fingerprint density at radius 1 is 1.35 bits per heavy atom. The maximum absolute atomic E-state index is 5.94. The van der Waals surface area contributed by atoms with Crippen LogP contribution in [0.2, 0.25) is 5.02 Å². The largest absolute Gasteiger partial charge is 0.491 e. The molecular weight excluding hydrogens is 274 g/mol. The standard InChI is InChI=1S/C15H18ClN3O/c1-2-6-18-15(14-10-17-7-8-19-14)11-20-13-5-3-4-12(16)9-13/h3-5,7-10,15,18H,2,6,11H2,1H3. The first-order chi connectivity index (χ1) is 9.79. The summed E-state index contributed by atoms with van der Waals surface area (Å²) >= 11 is 5.94. The first-order valence-electron chi connectivity index (χ1n) is 6.67. The average Bonchev–Trinajstić information content (AvgIpc) is 2.48. The molecule has 0 saturated carbocycles. The normalized spacial score (nSPS) is 12.1. The molecule has 0 radical (unpaired) electrons. The third-order valence-corrected chi connectivity index (χ3v) is 3.03. The predicted octanol–water partition coefficient (Wildman–Crippen LogP) is 3.25. The smallest absolute Gasteiger partial charge is 0.120 e. The van der Waals surface area contributed by atoms with Crippen LogP contribution in [-0.4, -0.2) is 23.1 Å². The van der Waals surface area contributed by atoms with Crippen molar-refractivity contribution < 1.29 is 4.74 Å². The molecule has 4 nitrogen and oxygen atoms in total. The van der Waals surface area contributed by atoms with Gasteiger partial charge in [0.25, 0.3) is 0 Å². The van der Waals surface area contributed by atoms with Crippen molar-refractivity contribution in [1.82, 2.24) is 15.3 Å². The number of ether oxygens (including phenoxy) is 1. The molecule has 0 aliphatic heterocycles. The van der Waals surface area contributed by atoms with Crippen molar-refractivity contribution in [2.45, 2.75) is 19.4 Å². The maximum Gasteiger partial charge on any atom is 0.120 e. The van der Waals surface area contributed by atoms with E-state index in [9.17, 15) is 0 Å². The quantitative estimate of drug-likeness (QED) is 0.851. The van der Waals surface area contributed by atoms with Crippen LogP contribution in [0.4, 0.5) is 0 Å². The lowest BCUT2D eigenvalue weighted by atomic mass is 10.2. The number of hydrogen-bond acceptors (Lipinski definition) is 4. The molecule has 0 spiro atoms. The second-order valence-electron chi connectivity index (χ2n) is 4.41. The highest BCUT2D eigenvalue weighted by atomic mass is 35.5. The molecule has 1 aromatic carbocycles. The van der Waals surface area contributed by atoms with E-state index in [0.717, 1.165) is 24.4 Å². The van der Waals surface area contributed by atoms with Crippen LogP contribution in [0.3, 0.4) is 0 Å². The van der Waals surface area contributed by atoms with Gasteiger partial charge in [0.1, 0.15) is 12.4 Å². The van der Waals surface area contributed by atoms with Crippen LogP contribution in [0.1, 0.15) is 25.1 Å². The van der Waals surface area contributed by atoms with Crippen molar-refractivity contribution in [2.75, 3.05) is 13.2 Å². The van der Waals surface area contributed by atoms with E-state index in [4.69, 9.17) is 16.3 Å². The Hall–Kier alpha value is -1.65. The van der Waals surface area contributed by atoms with Gasteiger partial charge in [0, 0.05) is 17.4 Å². The van der Waals surface area contributed by atoms with Gasteiger partial charge < -0.3 is 10.1 Å². The molecule has 0 saturated heterocycles. The summed E-state index contributed by atoms with van der Waals surface area (Å²) in [5, 5.41) is 4.08. The Morgan fingerprint density at radius 2 is 2.25 bits per heavy atom. The van der Waals surface area contributed by atoms with Crippen LogP contribution in [0, 0.1) is 0 Å². The highest BCUT2D eigenvalue weighted by molar-refractivity contribution is 6.30. The third kappa shape index (κ3) is 4.47. The van der Waals surface area contributed by atoms with Gasteiger partial charge in [-0.15, -0.1) is 0 Å². The number of hydrogen-bond donors (Lipinski definition) is 1. The van der Waals surface area contributed by atoms with Crippen LogP contribution >= 0.6 is 11.6 Å². The van der Waals surface area contributed by atoms with Gasteiger partial charge in [-0.25, -0.2) is 0 Å². The van der Waals surface area contributed by atoms with Crippen LogP contribution < -0.4 is 10.1 Å². The van der Waals surface area contributed by atoms with Gasteiger partial charge in [0.05, 0.1) is 17.9 Å². The number of aromatic nitrogens is 2. The van der Waals surface area contributed by atoms with E-state index in [2.05, 4.69) is 22.2 Å². The lowest BCUT2D eigenvalue weighted by molar-refractivity contribution is 0.263. The Morgan fingerprint density at radius 3 is 2.95 bits per heavy atom. The van der Waals surface area contributed by atoms with Crippen molar-refractivity contribution >= 4 is 11.6 Å². The minimum Gasteiger partial charge on any atom is -0.491 e. The SMILES string of the molecule is CCCNC(COc1cccc(Cl)c1)c1cnccn1. The summed E-state index contributed by atoms with van der Waals surface area (Å²) < 4.78 is 5.79. The summed E-state index contributed by atoms with van der Waals surface area (Å²) in [6, 6.07) is 7.40. The number of rotatable bonds is 7. The van der Waals surface area contributed by atoms with Gasteiger partial charge in [0.2, 0.25) is 0 Å². The van der Waals surface area contributed by atoms with E-state index in [1.165, 1.54) is 0 Å². The highest BCUT2D eigenvalue weighted by Crippen LogP contribution is 2.19. The lowest BCUT2D eigenvalue weighted by Gasteiger charge is -2.18. The first-order valence-corrected chi connectivity index (χ1v) is 7.05. The maximum atomic E-state index is 5.94. The lowest BCUT2D eigenvalue weighted by Crippen LogP contribution is -2.28. The summed E-state index contributed by atoms with van der Waals surface area (Å²) in [6.07, 6.45) is 6.16. The Kier molecular flexibility index (Phi) is 5.77. The van der Waals surface area contributed by atoms with Gasteiger partial charge in [-0.2, -0.15) is 0 Å². The van der Waals surface area contributed by atoms with E-state index >= 15 is 0 Å². The van der Waals surface area contributed by atoms with Crippen molar-refractivity contribution in [1.29, 1.82) is 0 Å². The molecule has 5 heteroatoms. The first kappa shape index (κ1) is 14.8. The number of benzene rings is 1. The minimum atomic E-state index is 0.0163. The summed E-state index contributed by atoms with van der Waals surface area (Å²) in [5.74, 6) is 0.754. The van der Waals surface area contributed by atoms with E-state index in [1.54, 1.807) is 24.7 Å². The summed E-state index contributed by atoms with van der Waals surface area (Å²) in [4.78, 5) is 8.43. The van der Waals surface area contributed by atoms with Crippen LogP contribution in [0.5, 0.6) is 5.75 Å². The van der Waals surface area contributed by atoms with E-state index in [0.29, 0.717) is 11.6 Å². The zero-order chi connectivity index (χ0) is 14.2. The van der Waals surface area contributed by atoms with E-state index in [1.807, 2.05) is 18.2 Å². The van der Waals surface area contributed by atoms with Gasteiger partial charge in [0.15, 0.2) is 0 Å². The molecule has 1 unspecified atom stereocenters. The van der Waals surface area contributed by atoms with Crippen LogP contribution in [0.25, 0.3) is 0 Å². The molecule has 1 N–H and O–H groups in total. The summed E-state index contributed by atoms with van der Waals surface area (Å²) in [6.45, 7) is 3.51.